The third-order valence-corrected chi connectivity index (χ3v) is 4.66. The van der Waals surface area contributed by atoms with Crippen LogP contribution >= 0.6 is 0 Å². The van der Waals surface area contributed by atoms with E-state index < -0.39 is 0 Å². The molecule has 1 aromatic heterocycles. The lowest BCUT2D eigenvalue weighted by Gasteiger charge is -2.34. The van der Waals surface area contributed by atoms with Gasteiger partial charge in [-0.1, -0.05) is 5.16 Å². The third kappa shape index (κ3) is 1.21. The molecule has 0 atom stereocenters. The van der Waals surface area contributed by atoms with E-state index in [-0.39, 0.29) is 6.61 Å². The second kappa shape index (κ2) is 2.89. The molecular weight excluding hydrogens is 202 g/mol. The molecule has 3 saturated carbocycles. The molecule has 3 aliphatic rings. The molecule has 0 amide bonds. The lowest BCUT2D eigenvalue weighted by Crippen LogP contribution is -2.24. The van der Waals surface area contributed by atoms with E-state index in [1.165, 1.54) is 38.5 Å². The normalized spacial score (nSPS) is 27.1. The zero-order chi connectivity index (χ0) is 10.8. The summed E-state index contributed by atoms with van der Waals surface area (Å²) in [5.41, 5.74) is 2.78. The first-order valence-corrected chi connectivity index (χ1v) is 6.40. The molecule has 1 aromatic rings. The second-order valence-corrected chi connectivity index (χ2v) is 5.95. The molecule has 1 N–H and O–H groups in total. The first kappa shape index (κ1) is 9.23. The van der Waals surface area contributed by atoms with Gasteiger partial charge in [0.1, 0.15) is 5.76 Å². The summed E-state index contributed by atoms with van der Waals surface area (Å²) in [5.74, 6) is 2.11. The van der Waals surface area contributed by atoms with Crippen molar-refractivity contribution < 1.29 is 9.63 Å². The minimum absolute atomic E-state index is 0.105. The number of hydrogen-bond acceptors (Lipinski definition) is 3. The van der Waals surface area contributed by atoms with E-state index in [4.69, 9.17) is 4.52 Å². The van der Waals surface area contributed by atoms with Crippen LogP contribution in [0.15, 0.2) is 4.52 Å². The molecule has 4 rings (SSSR count). The van der Waals surface area contributed by atoms with Crippen molar-refractivity contribution in [3.63, 3.8) is 0 Å². The Balaban J connectivity index is 1.61. The summed E-state index contributed by atoms with van der Waals surface area (Å²) in [4.78, 5) is 0. The highest BCUT2D eigenvalue weighted by Gasteiger charge is 2.54. The second-order valence-electron chi connectivity index (χ2n) is 5.95. The van der Waals surface area contributed by atoms with Gasteiger partial charge in [0.2, 0.25) is 0 Å². The predicted octanol–water partition coefficient (Wildman–Crippen LogP) is 2.70. The van der Waals surface area contributed by atoms with Gasteiger partial charge in [-0.2, -0.15) is 0 Å². The summed E-state index contributed by atoms with van der Waals surface area (Å²) in [6.07, 6.45) is 7.77. The lowest BCUT2D eigenvalue weighted by molar-refractivity contribution is 0.221. The van der Waals surface area contributed by atoms with E-state index >= 15 is 0 Å². The van der Waals surface area contributed by atoms with Crippen LogP contribution in [-0.2, 0) is 6.61 Å². The average Bonchev–Trinajstić information content (AvgIpc) is 3.13. The van der Waals surface area contributed by atoms with Crippen molar-refractivity contribution in [3.8, 4) is 0 Å². The maximum atomic E-state index is 9.48. The fraction of sp³-hybridized carbons (Fsp3) is 0.769. The highest BCUT2D eigenvalue weighted by Crippen LogP contribution is 2.66. The van der Waals surface area contributed by atoms with Crippen molar-refractivity contribution >= 4 is 0 Å². The maximum Gasteiger partial charge on any atom is 0.145 e. The van der Waals surface area contributed by atoms with Crippen molar-refractivity contribution in [3.05, 3.63) is 17.0 Å². The van der Waals surface area contributed by atoms with E-state index in [1.807, 2.05) is 0 Å². The zero-order valence-corrected chi connectivity index (χ0v) is 9.41. The van der Waals surface area contributed by atoms with Gasteiger partial charge in [0.05, 0.1) is 12.3 Å². The van der Waals surface area contributed by atoms with E-state index in [0.717, 1.165) is 17.0 Å². The van der Waals surface area contributed by atoms with Crippen LogP contribution in [0.5, 0.6) is 0 Å². The minimum atomic E-state index is 0.105. The first-order valence-electron chi connectivity index (χ1n) is 6.40. The summed E-state index contributed by atoms with van der Waals surface area (Å²) < 4.78 is 5.45. The molecule has 3 aliphatic carbocycles. The van der Waals surface area contributed by atoms with Gasteiger partial charge in [-0.3, -0.25) is 0 Å². The van der Waals surface area contributed by atoms with Crippen molar-refractivity contribution in [2.24, 2.45) is 5.41 Å². The van der Waals surface area contributed by atoms with Gasteiger partial charge >= 0.3 is 0 Å². The van der Waals surface area contributed by atoms with Gasteiger partial charge < -0.3 is 9.63 Å². The quantitative estimate of drug-likeness (QED) is 0.850. The van der Waals surface area contributed by atoms with Crippen molar-refractivity contribution in [1.29, 1.82) is 0 Å². The predicted molar refractivity (Wildman–Crippen MR) is 58.0 cm³/mol. The number of rotatable bonds is 3. The van der Waals surface area contributed by atoms with Crippen LogP contribution < -0.4 is 0 Å². The number of aliphatic hydroxyl groups excluding tert-OH is 1. The van der Waals surface area contributed by atoms with Gasteiger partial charge in [0.15, 0.2) is 0 Å². The van der Waals surface area contributed by atoms with E-state index in [1.54, 1.807) is 0 Å². The number of aliphatic hydroxyl groups is 1. The van der Waals surface area contributed by atoms with Gasteiger partial charge in [-0.05, 0) is 43.9 Å². The van der Waals surface area contributed by atoms with Crippen LogP contribution in [0.1, 0.15) is 67.4 Å². The third-order valence-electron chi connectivity index (χ3n) is 4.66. The molecule has 0 radical (unpaired) electrons. The van der Waals surface area contributed by atoms with Crippen molar-refractivity contribution in [1.82, 2.24) is 5.16 Å². The van der Waals surface area contributed by atoms with Crippen LogP contribution in [0.25, 0.3) is 0 Å². The van der Waals surface area contributed by atoms with Crippen LogP contribution in [0.3, 0.4) is 0 Å². The van der Waals surface area contributed by atoms with E-state index in [0.29, 0.717) is 17.3 Å². The molecule has 0 saturated heterocycles. The Morgan fingerprint density at radius 3 is 2.56 bits per heavy atom. The van der Waals surface area contributed by atoms with Crippen LogP contribution in [0, 0.1) is 5.41 Å². The monoisotopic (exact) mass is 219 g/mol. The molecule has 1 heterocycles. The minimum Gasteiger partial charge on any atom is -0.391 e. The molecule has 0 aromatic carbocycles. The lowest BCUT2D eigenvalue weighted by atomic mass is 9.69. The molecule has 16 heavy (non-hydrogen) atoms. The standard InChI is InChI=1S/C13H17NO2/c15-7-10-11(9-5-13(6-9)3-4-13)14-16-12(10)8-1-2-8/h8-9,15H,1-7H2. The summed E-state index contributed by atoms with van der Waals surface area (Å²) in [5, 5.41) is 13.7. The zero-order valence-electron chi connectivity index (χ0n) is 9.41. The molecule has 1 spiro atoms. The molecule has 0 unspecified atom stereocenters. The highest BCUT2D eigenvalue weighted by atomic mass is 16.5. The SMILES string of the molecule is OCc1c(C2CC3(CC3)C2)noc1C1CC1. The summed E-state index contributed by atoms with van der Waals surface area (Å²) in [6.45, 7) is 0.105. The van der Waals surface area contributed by atoms with Gasteiger partial charge in [-0.25, -0.2) is 0 Å². The average molecular weight is 219 g/mol. The molecule has 3 heteroatoms. The summed E-state index contributed by atoms with van der Waals surface area (Å²) >= 11 is 0. The van der Waals surface area contributed by atoms with Gasteiger partial charge in [0.25, 0.3) is 0 Å². The Bertz CT molecular complexity index is 421. The largest absolute Gasteiger partial charge is 0.391 e. The van der Waals surface area contributed by atoms with Crippen LogP contribution in [0.2, 0.25) is 0 Å². The molecule has 3 fully saturated rings. The first-order chi connectivity index (χ1) is 7.81. The molecule has 0 bridgehead atoms. The Kier molecular flexibility index (Phi) is 1.67. The fourth-order valence-electron chi connectivity index (χ4n) is 3.25. The smallest absolute Gasteiger partial charge is 0.145 e. The molecule has 3 nitrogen and oxygen atoms in total. The van der Waals surface area contributed by atoms with E-state index in [2.05, 4.69) is 5.16 Å². The fourth-order valence-corrected chi connectivity index (χ4v) is 3.25. The van der Waals surface area contributed by atoms with Crippen LogP contribution in [0.4, 0.5) is 0 Å². The number of nitrogens with zero attached hydrogens (tertiary/aromatic N) is 1. The van der Waals surface area contributed by atoms with Crippen molar-refractivity contribution in [2.45, 2.75) is 57.0 Å². The Morgan fingerprint density at radius 2 is 2.00 bits per heavy atom. The molecule has 86 valence electrons. The number of aromatic nitrogens is 1. The Morgan fingerprint density at radius 1 is 1.25 bits per heavy atom. The molecular formula is C13H17NO2. The maximum absolute atomic E-state index is 9.48. The van der Waals surface area contributed by atoms with Gasteiger partial charge in [0, 0.05) is 17.4 Å². The van der Waals surface area contributed by atoms with E-state index in [9.17, 15) is 5.11 Å². The Labute approximate surface area is 94.8 Å². The van der Waals surface area contributed by atoms with Gasteiger partial charge in [-0.15, -0.1) is 0 Å². The van der Waals surface area contributed by atoms with Crippen LogP contribution in [-0.4, -0.2) is 10.3 Å². The molecule has 0 aliphatic heterocycles. The topological polar surface area (TPSA) is 46.3 Å². The Hall–Kier alpha value is -0.830. The number of hydrogen-bond donors (Lipinski definition) is 1. The summed E-state index contributed by atoms with van der Waals surface area (Å²) in [7, 11) is 0. The highest BCUT2D eigenvalue weighted by molar-refractivity contribution is 5.32. The summed E-state index contributed by atoms with van der Waals surface area (Å²) in [6, 6.07) is 0. The van der Waals surface area contributed by atoms with Crippen molar-refractivity contribution in [2.75, 3.05) is 0 Å².